The monoisotopic (exact) mass is 369 g/mol. The van der Waals surface area contributed by atoms with E-state index < -0.39 is 5.97 Å². The number of thiazole rings is 1. The Kier molecular flexibility index (Phi) is 5.48. The average Bonchev–Trinajstić information content (AvgIpc) is 3.12. The van der Waals surface area contributed by atoms with Crippen LogP contribution in [0, 0.1) is 0 Å². The van der Waals surface area contributed by atoms with Crippen LogP contribution >= 0.6 is 11.3 Å². The van der Waals surface area contributed by atoms with Crippen molar-refractivity contribution in [2.45, 2.75) is 6.54 Å². The number of hydrogen-bond acceptors (Lipinski definition) is 6. The molecule has 0 aliphatic carbocycles. The minimum Gasteiger partial charge on any atom is -0.452 e. The van der Waals surface area contributed by atoms with Crippen LogP contribution in [0.5, 0.6) is 0 Å². The predicted octanol–water partition coefficient (Wildman–Crippen LogP) is 2.84. The van der Waals surface area contributed by atoms with Crippen molar-refractivity contribution in [1.82, 2.24) is 10.3 Å². The number of ether oxygens (including phenoxy) is 1. The summed E-state index contributed by atoms with van der Waals surface area (Å²) in [6.07, 6.45) is 0. The second kappa shape index (κ2) is 7.97. The number of hydrogen-bond donors (Lipinski definition) is 1. The fourth-order valence-electron chi connectivity index (χ4n) is 2.36. The first-order valence-corrected chi connectivity index (χ1v) is 8.94. The highest BCUT2D eigenvalue weighted by molar-refractivity contribution is 7.16. The van der Waals surface area contributed by atoms with Crippen LogP contribution in [-0.4, -0.2) is 37.6 Å². The Hall–Kier alpha value is -2.93. The lowest BCUT2D eigenvalue weighted by atomic mass is 10.2. The maximum absolute atomic E-state index is 12.1. The van der Waals surface area contributed by atoms with Crippen molar-refractivity contribution in [3.63, 3.8) is 0 Å². The Bertz CT molecular complexity index is 919. The molecule has 0 fully saturated rings. The lowest BCUT2D eigenvalue weighted by Gasteiger charge is -2.13. The van der Waals surface area contributed by atoms with E-state index in [1.165, 1.54) is 11.3 Å². The van der Waals surface area contributed by atoms with Gasteiger partial charge in [0.15, 0.2) is 6.61 Å². The molecule has 1 amide bonds. The highest BCUT2D eigenvalue weighted by Crippen LogP contribution is 2.19. The van der Waals surface area contributed by atoms with Crippen molar-refractivity contribution in [3.05, 3.63) is 59.1 Å². The first-order chi connectivity index (χ1) is 12.5. The Morgan fingerprint density at radius 3 is 2.65 bits per heavy atom. The SMILES string of the molecule is CN(C)c1ccc(CNC(=O)COC(=O)c2ccc3ncsc3c2)cc1. The van der Waals surface area contributed by atoms with Gasteiger partial charge in [0.1, 0.15) is 0 Å². The quantitative estimate of drug-likeness (QED) is 0.677. The highest BCUT2D eigenvalue weighted by atomic mass is 32.1. The lowest BCUT2D eigenvalue weighted by Crippen LogP contribution is -2.28. The average molecular weight is 369 g/mol. The van der Waals surface area contributed by atoms with Crippen molar-refractivity contribution in [2.24, 2.45) is 0 Å². The van der Waals surface area contributed by atoms with E-state index in [1.54, 1.807) is 23.7 Å². The van der Waals surface area contributed by atoms with Crippen LogP contribution in [0.3, 0.4) is 0 Å². The van der Waals surface area contributed by atoms with Crippen molar-refractivity contribution >= 4 is 39.1 Å². The summed E-state index contributed by atoms with van der Waals surface area (Å²) in [6, 6.07) is 13.0. The molecule has 3 rings (SSSR count). The molecule has 1 aromatic heterocycles. The number of anilines is 1. The van der Waals surface area contributed by atoms with Crippen molar-refractivity contribution < 1.29 is 14.3 Å². The zero-order chi connectivity index (χ0) is 18.5. The van der Waals surface area contributed by atoms with Gasteiger partial charge in [0.2, 0.25) is 0 Å². The van der Waals surface area contributed by atoms with Gasteiger partial charge in [-0.05, 0) is 35.9 Å². The predicted molar refractivity (Wildman–Crippen MR) is 103 cm³/mol. The topological polar surface area (TPSA) is 71.5 Å². The van der Waals surface area contributed by atoms with E-state index in [9.17, 15) is 9.59 Å². The molecule has 1 N–H and O–H groups in total. The van der Waals surface area contributed by atoms with E-state index in [4.69, 9.17) is 4.74 Å². The summed E-state index contributed by atoms with van der Waals surface area (Å²) >= 11 is 1.45. The number of nitrogens with one attached hydrogen (secondary N) is 1. The maximum atomic E-state index is 12.1. The molecule has 0 saturated heterocycles. The second-order valence-corrected chi connectivity index (χ2v) is 6.83. The van der Waals surface area contributed by atoms with Gasteiger partial charge in [-0.3, -0.25) is 4.79 Å². The Balaban J connectivity index is 1.48. The third-order valence-electron chi connectivity index (χ3n) is 3.84. The van der Waals surface area contributed by atoms with E-state index in [2.05, 4.69) is 10.3 Å². The number of nitrogens with zero attached hydrogens (tertiary/aromatic N) is 2. The fourth-order valence-corrected chi connectivity index (χ4v) is 3.08. The van der Waals surface area contributed by atoms with Gasteiger partial charge in [-0.1, -0.05) is 12.1 Å². The van der Waals surface area contributed by atoms with Crippen molar-refractivity contribution in [2.75, 3.05) is 25.6 Å². The van der Waals surface area contributed by atoms with Gasteiger partial charge < -0.3 is 15.0 Å². The van der Waals surface area contributed by atoms with E-state index in [0.29, 0.717) is 12.1 Å². The van der Waals surface area contributed by atoms with E-state index >= 15 is 0 Å². The first kappa shape index (κ1) is 17.9. The van der Waals surface area contributed by atoms with Gasteiger partial charge in [-0.2, -0.15) is 0 Å². The number of benzene rings is 2. The number of aromatic nitrogens is 1. The number of carbonyl (C=O) groups is 2. The van der Waals surface area contributed by atoms with Gasteiger partial charge in [-0.25, -0.2) is 9.78 Å². The molecule has 3 aromatic rings. The number of esters is 1. The van der Waals surface area contributed by atoms with Crippen LogP contribution in [0.25, 0.3) is 10.2 Å². The van der Waals surface area contributed by atoms with Crippen LogP contribution < -0.4 is 10.2 Å². The van der Waals surface area contributed by atoms with Crippen molar-refractivity contribution in [3.8, 4) is 0 Å². The zero-order valence-corrected chi connectivity index (χ0v) is 15.4. The third kappa shape index (κ3) is 4.37. The van der Waals surface area contributed by atoms with Crippen LogP contribution in [0.1, 0.15) is 15.9 Å². The van der Waals surface area contributed by atoms with E-state index in [0.717, 1.165) is 21.5 Å². The molecule has 0 aliphatic rings. The second-order valence-electron chi connectivity index (χ2n) is 5.95. The van der Waals surface area contributed by atoms with Crippen LogP contribution in [0.4, 0.5) is 5.69 Å². The Morgan fingerprint density at radius 1 is 1.15 bits per heavy atom. The third-order valence-corrected chi connectivity index (χ3v) is 4.64. The largest absolute Gasteiger partial charge is 0.452 e. The standard InChI is InChI=1S/C19H19N3O3S/c1-22(2)15-6-3-13(4-7-15)10-20-18(23)11-25-19(24)14-5-8-16-17(9-14)26-12-21-16/h3-9,12H,10-11H2,1-2H3,(H,20,23). The molecule has 0 radical (unpaired) electrons. The minimum atomic E-state index is -0.522. The van der Waals surface area contributed by atoms with E-state index in [1.807, 2.05) is 43.3 Å². The Morgan fingerprint density at radius 2 is 1.92 bits per heavy atom. The van der Waals surface area contributed by atoms with Gasteiger partial charge >= 0.3 is 5.97 Å². The van der Waals surface area contributed by atoms with Crippen molar-refractivity contribution in [1.29, 1.82) is 0 Å². The normalized spacial score (nSPS) is 10.5. The summed E-state index contributed by atoms with van der Waals surface area (Å²) in [5, 5.41) is 2.74. The van der Waals surface area contributed by atoms with Gasteiger partial charge in [-0.15, -0.1) is 11.3 Å². The summed E-state index contributed by atoms with van der Waals surface area (Å²) in [5.74, 6) is -0.861. The molecular weight excluding hydrogens is 350 g/mol. The molecule has 0 unspecified atom stereocenters. The molecular formula is C19H19N3O3S. The molecule has 0 bridgehead atoms. The smallest absolute Gasteiger partial charge is 0.338 e. The number of carbonyl (C=O) groups excluding carboxylic acids is 2. The Labute approximate surface area is 155 Å². The van der Waals surface area contributed by atoms with Gasteiger partial charge in [0.25, 0.3) is 5.91 Å². The molecule has 26 heavy (non-hydrogen) atoms. The molecule has 2 aromatic carbocycles. The maximum Gasteiger partial charge on any atom is 0.338 e. The molecule has 1 heterocycles. The summed E-state index contributed by atoms with van der Waals surface area (Å²) in [4.78, 5) is 30.1. The van der Waals surface area contributed by atoms with Gasteiger partial charge in [0, 0.05) is 26.3 Å². The molecule has 7 heteroatoms. The summed E-state index contributed by atoms with van der Waals surface area (Å²) in [6.45, 7) is 0.0757. The first-order valence-electron chi connectivity index (χ1n) is 8.06. The molecule has 6 nitrogen and oxygen atoms in total. The molecule has 134 valence electrons. The summed E-state index contributed by atoms with van der Waals surface area (Å²) in [5.41, 5.74) is 5.04. The highest BCUT2D eigenvalue weighted by Gasteiger charge is 2.11. The molecule has 0 saturated carbocycles. The minimum absolute atomic E-state index is 0.310. The summed E-state index contributed by atoms with van der Waals surface area (Å²) < 4.78 is 5.99. The van der Waals surface area contributed by atoms with Crippen LogP contribution in [0.15, 0.2) is 48.0 Å². The molecule has 0 atom stereocenters. The fraction of sp³-hybridized carbons (Fsp3) is 0.211. The van der Waals surface area contributed by atoms with Gasteiger partial charge in [0.05, 0.1) is 21.3 Å². The summed E-state index contributed by atoms with van der Waals surface area (Å²) in [7, 11) is 3.94. The van der Waals surface area contributed by atoms with Crippen LogP contribution in [-0.2, 0) is 16.1 Å². The zero-order valence-electron chi connectivity index (χ0n) is 14.6. The number of rotatable bonds is 6. The van der Waals surface area contributed by atoms with E-state index in [-0.39, 0.29) is 12.5 Å². The van der Waals surface area contributed by atoms with Crippen LogP contribution in [0.2, 0.25) is 0 Å². The lowest BCUT2D eigenvalue weighted by molar-refractivity contribution is -0.124. The number of fused-ring (bicyclic) bond motifs is 1. The molecule has 0 aliphatic heterocycles. The molecule has 0 spiro atoms. The number of amides is 1.